The van der Waals surface area contributed by atoms with Gasteiger partial charge in [-0.2, -0.15) is 5.10 Å². The molecule has 0 bridgehead atoms. The highest BCUT2D eigenvalue weighted by Crippen LogP contribution is 2.32. The molecule has 1 aliphatic rings. The highest BCUT2D eigenvalue weighted by atomic mass is 35.5. The predicted molar refractivity (Wildman–Crippen MR) is 90.7 cm³/mol. The second kappa shape index (κ2) is 6.65. The molecule has 2 aromatic rings. The topological polar surface area (TPSA) is 67.2 Å². The summed E-state index contributed by atoms with van der Waals surface area (Å²) in [4.78, 5) is 26.3. The summed E-state index contributed by atoms with van der Waals surface area (Å²) in [6.07, 6.45) is 3.52. The minimum atomic E-state index is -0.291. The van der Waals surface area contributed by atoms with Crippen molar-refractivity contribution in [2.45, 2.75) is 32.0 Å². The number of carbonyl (C=O) groups is 2. The van der Waals surface area contributed by atoms with E-state index in [9.17, 15) is 9.59 Å². The molecule has 24 heavy (non-hydrogen) atoms. The van der Waals surface area contributed by atoms with Crippen molar-refractivity contribution >= 4 is 23.4 Å². The van der Waals surface area contributed by atoms with E-state index in [1.807, 2.05) is 19.1 Å². The van der Waals surface area contributed by atoms with E-state index in [1.165, 1.54) is 6.20 Å². The Morgan fingerprint density at radius 3 is 2.71 bits per heavy atom. The summed E-state index contributed by atoms with van der Waals surface area (Å²) in [5, 5.41) is 7.72. The van der Waals surface area contributed by atoms with E-state index in [-0.39, 0.29) is 30.3 Å². The van der Waals surface area contributed by atoms with Crippen molar-refractivity contribution in [2.75, 3.05) is 7.05 Å². The summed E-state index contributed by atoms with van der Waals surface area (Å²) in [7, 11) is 1.75. The summed E-state index contributed by atoms with van der Waals surface area (Å²) in [6.45, 7) is 2.65. The van der Waals surface area contributed by atoms with E-state index in [4.69, 9.17) is 11.6 Å². The Labute approximate surface area is 145 Å². The van der Waals surface area contributed by atoms with Gasteiger partial charge in [-0.3, -0.25) is 14.3 Å². The number of halogens is 1. The summed E-state index contributed by atoms with van der Waals surface area (Å²) < 4.78 is 1.69. The standard InChI is InChI=1S/C17H19ClN4O2/c1-3-22-10-12(9-19-22)17(24)20-14-8-15(23)21(2)16(14)11-4-6-13(18)7-5-11/h4-7,9-10,14,16H,3,8H2,1-2H3,(H,20,24)/t14-,16-/m1/s1. The van der Waals surface area contributed by atoms with Gasteiger partial charge in [0.1, 0.15) is 0 Å². The van der Waals surface area contributed by atoms with Crippen LogP contribution in [0.1, 0.15) is 35.3 Å². The fourth-order valence-corrected chi connectivity index (χ4v) is 3.15. The molecule has 2 heterocycles. The molecule has 0 aliphatic carbocycles. The lowest BCUT2D eigenvalue weighted by Crippen LogP contribution is -2.38. The zero-order valence-electron chi connectivity index (χ0n) is 13.6. The van der Waals surface area contributed by atoms with Crippen LogP contribution in [0.2, 0.25) is 5.02 Å². The molecule has 1 aromatic carbocycles. The smallest absolute Gasteiger partial charge is 0.254 e. The molecule has 0 unspecified atom stereocenters. The van der Waals surface area contributed by atoms with Gasteiger partial charge in [0, 0.05) is 31.2 Å². The van der Waals surface area contributed by atoms with Crippen molar-refractivity contribution in [2.24, 2.45) is 0 Å². The van der Waals surface area contributed by atoms with Crippen LogP contribution >= 0.6 is 11.6 Å². The average molecular weight is 347 g/mol. The minimum absolute atomic E-state index is 0.00417. The number of carbonyl (C=O) groups excluding carboxylic acids is 2. The van der Waals surface area contributed by atoms with Crippen molar-refractivity contribution < 1.29 is 9.59 Å². The first-order valence-corrected chi connectivity index (χ1v) is 8.22. The van der Waals surface area contributed by atoms with Gasteiger partial charge in [-0.1, -0.05) is 23.7 Å². The molecule has 2 atom stereocenters. The molecule has 1 N–H and O–H groups in total. The molecule has 0 radical (unpaired) electrons. The summed E-state index contributed by atoms with van der Waals surface area (Å²) in [5.41, 5.74) is 1.44. The largest absolute Gasteiger partial charge is 0.346 e. The van der Waals surface area contributed by atoms with Gasteiger partial charge in [0.2, 0.25) is 5.91 Å². The number of nitrogens with zero attached hydrogens (tertiary/aromatic N) is 3. The zero-order valence-corrected chi connectivity index (χ0v) is 14.3. The lowest BCUT2D eigenvalue weighted by Gasteiger charge is -2.26. The second-order valence-corrected chi connectivity index (χ2v) is 6.31. The molecule has 0 spiro atoms. The number of amides is 2. The Kier molecular flexibility index (Phi) is 4.57. The van der Waals surface area contributed by atoms with Crippen molar-refractivity contribution in [3.63, 3.8) is 0 Å². The number of hydrogen-bond acceptors (Lipinski definition) is 3. The number of hydrogen-bond donors (Lipinski definition) is 1. The molecular weight excluding hydrogens is 328 g/mol. The first kappa shape index (κ1) is 16.5. The summed E-state index contributed by atoms with van der Waals surface area (Å²) in [6, 6.07) is 6.85. The lowest BCUT2D eigenvalue weighted by atomic mass is 10.00. The zero-order chi connectivity index (χ0) is 17.3. The third-order valence-electron chi connectivity index (χ3n) is 4.33. The summed E-state index contributed by atoms with van der Waals surface area (Å²) >= 11 is 5.94. The number of nitrogens with one attached hydrogen (secondary N) is 1. The van der Waals surface area contributed by atoms with Crippen LogP contribution in [0, 0.1) is 0 Å². The van der Waals surface area contributed by atoms with Crippen LogP contribution in [0.3, 0.4) is 0 Å². The van der Waals surface area contributed by atoms with Crippen LogP contribution in [0.5, 0.6) is 0 Å². The van der Waals surface area contributed by atoms with Gasteiger partial charge in [0.05, 0.1) is 23.8 Å². The van der Waals surface area contributed by atoms with E-state index < -0.39 is 0 Å². The molecule has 1 aromatic heterocycles. The quantitative estimate of drug-likeness (QED) is 0.923. The fourth-order valence-electron chi connectivity index (χ4n) is 3.02. The normalized spacial score (nSPS) is 20.5. The Bertz CT molecular complexity index is 756. The van der Waals surface area contributed by atoms with Gasteiger partial charge in [-0.15, -0.1) is 0 Å². The van der Waals surface area contributed by atoms with Crippen molar-refractivity contribution in [3.05, 3.63) is 52.8 Å². The molecule has 1 saturated heterocycles. The van der Waals surface area contributed by atoms with Crippen LogP contribution in [-0.4, -0.2) is 39.6 Å². The van der Waals surface area contributed by atoms with Crippen molar-refractivity contribution in [1.29, 1.82) is 0 Å². The van der Waals surface area contributed by atoms with Gasteiger partial charge >= 0.3 is 0 Å². The molecular formula is C17H19ClN4O2. The Morgan fingerprint density at radius 2 is 2.08 bits per heavy atom. The van der Waals surface area contributed by atoms with Crippen LogP contribution in [0.15, 0.2) is 36.7 Å². The van der Waals surface area contributed by atoms with Crippen molar-refractivity contribution in [1.82, 2.24) is 20.0 Å². The van der Waals surface area contributed by atoms with Gasteiger partial charge in [-0.05, 0) is 24.6 Å². The number of aryl methyl sites for hydroxylation is 1. The fraction of sp³-hybridized carbons (Fsp3) is 0.353. The van der Waals surface area contributed by atoms with Crippen LogP contribution < -0.4 is 5.32 Å². The lowest BCUT2D eigenvalue weighted by molar-refractivity contribution is -0.127. The number of likely N-dealkylation sites (N-methyl/N-ethyl adjacent to an activating group) is 1. The maximum atomic E-state index is 12.5. The van der Waals surface area contributed by atoms with Gasteiger partial charge in [0.25, 0.3) is 5.91 Å². The number of likely N-dealkylation sites (tertiary alicyclic amines) is 1. The SMILES string of the molecule is CCn1cc(C(=O)N[C@@H]2CC(=O)N(C)[C@@H]2c2ccc(Cl)cc2)cn1. The van der Waals surface area contributed by atoms with E-state index in [2.05, 4.69) is 10.4 Å². The van der Waals surface area contributed by atoms with Crippen LogP contribution in [-0.2, 0) is 11.3 Å². The maximum absolute atomic E-state index is 12.5. The number of rotatable bonds is 4. The Balaban J connectivity index is 1.81. The Hall–Kier alpha value is -2.34. The van der Waals surface area contributed by atoms with E-state index in [1.54, 1.807) is 35.0 Å². The highest BCUT2D eigenvalue weighted by molar-refractivity contribution is 6.30. The third-order valence-corrected chi connectivity index (χ3v) is 4.59. The predicted octanol–water partition coefficient (Wildman–Crippen LogP) is 2.26. The Morgan fingerprint density at radius 1 is 1.38 bits per heavy atom. The first-order valence-electron chi connectivity index (χ1n) is 7.84. The first-order chi connectivity index (χ1) is 11.5. The molecule has 1 fully saturated rings. The number of aromatic nitrogens is 2. The molecule has 126 valence electrons. The number of benzene rings is 1. The summed E-state index contributed by atoms with van der Waals surface area (Å²) in [5.74, 6) is -0.216. The van der Waals surface area contributed by atoms with E-state index >= 15 is 0 Å². The second-order valence-electron chi connectivity index (χ2n) is 5.87. The minimum Gasteiger partial charge on any atom is -0.346 e. The van der Waals surface area contributed by atoms with E-state index in [0.717, 1.165) is 5.56 Å². The molecule has 1 aliphatic heterocycles. The molecule has 3 rings (SSSR count). The molecule has 6 nitrogen and oxygen atoms in total. The van der Waals surface area contributed by atoms with Gasteiger partial charge < -0.3 is 10.2 Å². The van der Waals surface area contributed by atoms with Gasteiger partial charge in [0.15, 0.2) is 0 Å². The van der Waals surface area contributed by atoms with Gasteiger partial charge in [-0.25, -0.2) is 0 Å². The molecule has 0 saturated carbocycles. The van der Waals surface area contributed by atoms with Crippen molar-refractivity contribution in [3.8, 4) is 0 Å². The molecule has 2 amide bonds. The van der Waals surface area contributed by atoms with Crippen LogP contribution in [0.25, 0.3) is 0 Å². The highest BCUT2D eigenvalue weighted by Gasteiger charge is 2.39. The monoisotopic (exact) mass is 346 g/mol. The average Bonchev–Trinajstić information content (AvgIpc) is 3.15. The van der Waals surface area contributed by atoms with Crippen LogP contribution in [0.4, 0.5) is 0 Å². The van der Waals surface area contributed by atoms with E-state index in [0.29, 0.717) is 17.1 Å². The maximum Gasteiger partial charge on any atom is 0.254 e. The molecule has 7 heteroatoms. The third kappa shape index (κ3) is 3.14.